The summed E-state index contributed by atoms with van der Waals surface area (Å²) in [5, 5.41) is 6.16. The van der Waals surface area contributed by atoms with Crippen LogP contribution >= 0.6 is 0 Å². The molecule has 0 unspecified atom stereocenters. The largest absolute Gasteiger partial charge is 0.493 e. The van der Waals surface area contributed by atoms with E-state index in [1.54, 1.807) is 21.3 Å². The summed E-state index contributed by atoms with van der Waals surface area (Å²) in [7, 11) is 4.74. The number of rotatable bonds is 8. The summed E-state index contributed by atoms with van der Waals surface area (Å²) < 4.78 is 16.0. The first-order chi connectivity index (χ1) is 10.7. The summed E-state index contributed by atoms with van der Waals surface area (Å²) >= 11 is 0. The van der Waals surface area contributed by atoms with Gasteiger partial charge in [-0.05, 0) is 18.1 Å². The SMILES string of the molecule is COc1ccc(CCC(=O)NCC2CNC2)c(OC)c1OC. The predicted octanol–water partition coefficient (Wildman–Crippen LogP) is 0.981. The van der Waals surface area contributed by atoms with E-state index in [2.05, 4.69) is 10.6 Å². The van der Waals surface area contributed by atoms with Crippen molar-refractivity contribution in [3.63, 3.8) is 0 Å². The van der Waals surface area contributed by atoms with E-state index in [-0.39, 0.29) is 5.91 Å². The van der Waals surface area contributed by atoms with Gasteiger partial charge in [0.2, 0.25) is 11.7 Å². The summed E-state index contributed by atoms with van der Waals surface area (Å²) in [6.45, 7) is 2.72. The van der Waals surface area contributed by atoms with Crippen LogP contribution in [-0.2, 0) is 11.2 Å². The van der Waals surface area contributed by atoms with Gasteiger partial charge in [-0.25, -0.2) is 0 Å². The van der Waals surface area contributed by atoms with Gasteiger partial charge in [0.25, 0.3) is 0 Å². The fourth-order valence-corrected chi connectivity index (χ4v) is 2.45. The molecule has 0 aliphatic carbocycles. The Morgan fingerprint density at radius 1 is 1.18 bits per heavy atom. The van der Waals surface area contributed by atoms with Gasteiger partial charge in [-0.1, -0.05) is 6.07 Å². The van der Waals surface area contributed by atoms with Crippen LogP contribution in [0.1, 0.15) is 12.0 Å². The van der Waals surface area contributed by atoms with E-state index in [1.165, 1.54) is 0 Å². The Kier molecular flexibility index (Phi) is 5.89. The van der Waals surface area contributed by atoms with Gasteiger partial charge in [0.1, 0.15) is 0 Å². The summed E-state index contributed by atoms with van der Waals surface area (Å²) in [5.74, 6) is 2.43. The highest BCUT2D eigenvalue weighted by Gasteiger charge is 2.18. The van der Waals surface area contributed by atoms with Crippen LogP contribution in [-0.4, -0.2) is 46.9 Å². The Hall–Kier alpha value is -1.95. The zero-order valence-electron chi connectivity index (χ0n) is 13.4. The molecule has 0 saturated carbocycles. The number of hydrogen-bond acceptors (Lipinski definition) is 5. The van der Waals surface area contributed by atoms with E-state index in [9.17, 15) is 4.79 Å². The van der Waals surface area contributed by atoms with Crippen LogP contribution in [0.2, 0.25) is 0 Å². The normalized spacial score (nSPS) is 14.1. The number of carbonyl (C=O) groups is 1. The topological polar surface area (TPSA) is 68.8 Å². The standard InChI is InChI=1S/C16H24N2O4/c1-20-13-6-4-12(15(21-2)16(13)22-3)5-7-14(19)18-10-11-8-17-9-11/h4,6,11,17H,5,7-10H2,1-3H3,(H,18,19). The first kappa shape index (κ1) is 16.4. The lowest BCUT2D eigenvalue weighted by Gasteiger charge is -2.27. The second-order valence-corrected chi connectivity index (χ2v) is 5.32. The maximum absolute atomic E-state index is 11.9. The number of nitrogens with one attached hydrogen (secondary N) is 2. The molecule has 122 valence electrons. The predicted molar refractivity (Wildman–Crippen MR) is 83.8 cm³/mol. The second kappa shape index (κ2) is 7.89. The number of hydrogen-bond donors (Lipinski definition) is 2. The average Bonchev–Trinajstić information content (AvgIpc) is 2.50. The maximum Gasteiger partial charge on any atom is 0.220 e. The third kappa shape index (κ3) is 3.82. The highest BCUT2D eigenvalue weighted by Crippen LogP contribution is 2.40. The van der Waals surface area contributed by atoms with Gasteiger partial charge in [-0.2, -0.15) is 0 Å². The Labute approximate surface area is 131 Å². The zero-order valence-corrected chi connectivity index (χ0v) is 13.4. The number of ether oxygens (including phenoxy) is 3. The number of benzene rings is 1. The molecule has 1 fully saturated rings. The monoisotopic (exact) mass is 308 g/mol. The summed E-state index contributed by atoms with van der Waals surface area (Å²) in [6, 6.07) is 3.73. The summed E-state index contributed by atoms with van der Waals surface area (Å²) in [6.07, 6.45) is 1.02. The molecule has 1 aliphatic rings. The molecular weight excluding hydrogens is 284 g/mol. The molecule has 0 atom stereocenters. The smallest absolute Gasteiger partial charge is 0.220 e. The van der Waals surface area contributed by atoms with E-state index in [0.29, 0.717) is 36.0 Å². The fourth-order valence-electron chi connectivity index (χ4n) is 2.45. The molecule has 1 aromatic carbocycles. The minimum absolute atomic E-state index is 0.0590. The Morgan fingerprint density at radius 2 is 1.91 bits per heavy atom. The Balaban J connectivity index is 1.94. The van der Waals surface area contributed by atoms with E-state index >= 15 is 0 Å². The molecule has 22 heavy (non-hydrogen) atoms. The van der Waals surface area contributed by atoms with Crippen LogP contribution in [0.4, 0.5) is 0 Å². The number of amides is 1. The number of carbonyl (C=O) groups excluding carboxylic acids is 1. The van der Waals surface area contributed by atoms with E-state index in [4.69, 9.17) is 14.2 Å². The van der Waals surface area contributed by atoms with Gasteiger partial charge < -0.3 is 24.8 Å². The molecule has 1 amide bonds. The highest BCUT2D eigenvalue weighted by molar-refractivity contribution is 5.76. The van der Waals surface area contributed by atoms with Gasteiger partial charge in [-0.3, -0.25) is 4.79 Å². The molecule has 1 heterocycles. The van der Waals surface area contributed by atoms with Crippen LogP contribution in [0.15, 0.2) is 12.1 Å². The quantitative estimate of drug-likeness (QED) is 0.749. The van der Waals surface area contributed by atoms with Crippen molar-refractivity contribution in [3.8, 4) is 17.2 Å². The van der Waals surface area contributed by atoms with Gasteiger partial charge in [0.05, 0.1) is 21.3 Å². The molecule has 1 aromatic rings. The second-order valence-electron chi connectivity index (χ2n) is 5.32. The van der Waals surface area contributed by atoms with Crippen molar-refractivity contribution < 1.29 is 19.0 Å². The molecule has 0 bridgehead atoms. The van der Waals surface area contributed by atoms with Crippen LogP contribution in [0.25, 0.3) is 0 Å². The zero-order chi connectivity index (χ0) is 15.9. The molecule has 0 aromatic heterocycles. The lowest BCUT2D eigenvalue weighted by Crippen LogP contribution is -2.48. The molecule has 0 spiro atoms. The summed E-state index contributed by atoms with van der Waals surface area (Å²) in [5.41, 5.74) is 0.931. The number of aryl methyl sites for hydroxylation is 1. The minimum atomic E-state index is 0.0590. The van der Waals surface area contributed by atoms with E-state index in [0.717, 1.165) is 25.2 Å². The number of methoxy groups -OCH3 is 3. The van der Waals surface area contributed by atoms with Crippen LogP contribution in [0.5, 0.6) is 17.2 Å². The highest BCUT2D eigenvalue weighted by atomic mass is 16.5. The van der Waals surface area contributed by atoms with Crippen molar-refractivity contribution in [2.24, 2.45) is 5.92 Å². The molecule has 2 N–H and O–H groups in total. The molecule has 6 heteroatoms. The Morgan fingerprint density at radius 3 is 2.45 bits per heavy atom. The van der Waals surface area contributed by atoms with Crippen molar-refractivity contribution in [2.45, 2.75) is 12.8 Å². The van der Waals surface area contributed by atoms with Crippen LogP contribution < -0.4 is 24.8 Å². The fraction of sp³-hybridized carbons (Fsp3) is 0.562. The van der Waals surface area contributed by atoms with Crippen LogP contribution in [0.3, 0.4) is 0 Å². The third-order valence-corrected chi connectivity index (χ3v) is 3.86. The molecule has 6 nitrogen and oxygen atoms in total. The third-order valence-electron chi connectivity index (χ3n) is 3.86. The lowest BCUT2D eigenvalue weighted by molar-refractivity contribution is -0.121. The first-order valence-corrected chi connectivity index (χ1v) is 7.44. The van der Waals surface area contributed by atoms with E-state index in [1.807, 2.05) is 12.1 Å². The van der Waals surface area contributed by atoms with Crippen molar-refractivity contribution in [1.29, 1.82) is 0 Å². The van der Waals surface area contributed by atoms with Gasteiger partial charge in [0, 0.05) is 32.0 Å². The van der Waals surface area contributed by atoms with Gasteiger partial charge in [-0.15, -0.1) is 0 Å². The van der Waals surface area contributed by atoms with Crippen molar-refractivity contribution in [3.05, 3.63) is 17.7 Å². The van der Waals surface area contributed by atoms with E-state index < -0.39 is 0 Å². The molecular formula is C16H24N2O4. The molecule has 2 rings (SSSR count). The maximum atomic E-state index is 11.9. The van der Waals surface area contributed by atoms with Crippen molar-refractivity contribution in [1.82, 2.24) is 10.6 Å². The van der Waals surface area contributed by atoms with Crippen molar-refractivity contribution in [2.75, 3.05) is 41.0 Å². The minimum Gasteiger partial charge on any atom is -0.493 e. The Bertz CT molecular complexity index is 515. The van der Waals surface area contributed by atoms with Gasteiger partial charge in [0.15, 0.2) is 11.5 Å². The average molecular weight is 308 g/mol. The summed E-state index contributed by atoms with van der Waals surface area (Å²) in [4.78, 5) is 11.9. The van der Waals surface area contributed by atoms with Crippen LogP contribution in [0, 0.1) is 5.92 Å². The van der Waals surface area contributed by atoms with Crippen molar-refractivity contribution >= 4 is 5.91 Å². The molecule has 1 aliphatic heterocycles. The molecule has 1 saturated heterocycles. The molecule has 0 radical (unpaired) electrons. The first-order valence-electron chi connectivity index (χ1n) is 7.44. The van der Waals surface area contributed by atoms with Gasteiger partial charge >= 0.3 is 0 Å². The lowest BCUT2D eigenvalue weighted by atomic mass is 10.0.